The SMILES string of the molecule is CC(=O)N1CCc2nc(NCCNc3ccc(C#N)cn3)nc(-c3ccc(Cl)cc3Cl)c2C1. The van der Waals surface area contributed by atoms with E-state index in [1.165, 1.54) is 6.20 Å². The number of benzene rings is 1. The van der Waals surface area contributed by atoms with Crippen molar-refractivity contribution in [3.05, 3.63) is 63.4 Å². The molecule has 10 heteroatoms. The molecule has 2 aromatic heterocycles. The minimum absolute atomic E-state index is 0.0125. The first kappa shape index (κ1) is 22.8. The summed E-state index contributed by atoms with van der Waals surface area (Å²) in [5, 5.41) is 16.3. The Labute approximate surface area is 201 Å². The van der Waals surface area contributed by atoms with Crippen molar-refractivity contribution in [3.63, 3.8) is 0 Å². The molecule has 3 heterocycles. The number of fused-ring (bicyclic) bond motifs is 1. The fraction of sp³-hybridized carbons (Fsp3) is 0.261. The van der Waals surface area contributed by atoms with Gasteiger partial charge in [0.25, 0.3) is 0 Å². The number of nitriles is 1. The molecule has 0 radical (unpaired) electrons. The van der Waals surface area contributed by atoms with Gasteiger partial charge in [0.05, 0.1) is 22.0 Å². The van der Waals surface area contributed by atoms with Crippen LogP contribution in [0.3, 0.4) is 0 Å². The van der Waals surface area contributed by atoms with Crippen LogP contribution in [0.25, 0.3) is 11.3 Å². The molecule has 0 spiro atoms. The highest BCUT2D eigenvalue weighted by atomic mass is 35.5. The zero-order valence-electron chi connectivity index (χ0n) is 17.9. The molecule has 3 aromatic rings. The second-order valence-corrected chi connectivity index (χ2v) is 8.38. The van der Waals surface area contributed by atoms with Crippen LogP contribution in [-0.4, -0.2) is 45.4 Å². The first-order chi connectivity index (χ1) is 15.9. The summed E-state index contributed by atoms with van der Waals surface area (Å²) in [5.74, 6) is 1.18. The smallest absolute Gasteiger partial charge is 0.223 e. The standard InChI is InChI=1S/C23H21Cl2N7O/c1-14(33)32-9-6-20-18(13-32)22(17-4-3-16(24)10-19(17)25)31-23(30-20)28-8-7-27-21-5-2-15(11-26)12-29-21/h2-5,10,12H,6-9,13H2,1H3,(H,27,29)(H,28,30,31). The maximum atomic E-state index is 12.0. The molecule has 0 fully saturated rings. The number of halogens is 2. The van der Waals surface area contributed by atoms with Gasteiger partial charge in [-0.25, -0.2) is 15.0 Å². The number of nitrogens with one attached hydrogen (secondary N) is 2. The summed E-state index contributed by atoms with van der Waals surface area (Å²) in [6.45, 7) is 3.73. The van der Waals surface area contributed by atoms with E-state index in [-0.39, 0.29) is 5.91 Å². The monoisotopic (exact) mass is 481 g/mol. The van der Waals surface area contributed by atoms with Crippen LogP contribution in [-0.2, 0) is 17.8 Å². The molecule has 1 aliphatic heterocycles. The van der Waals surface area contributed by atoms with Crippen molar-refractivity contribution in [2.75, 3.05) is 30.3 Å². The van der Waals surface area contributed by atoms with Gasteiger partial charge in [-0.1, -0.05) is 23.2 Å². The van der Waals surface area contributed by atoms with Gasteiger partial charge in [-0.05, 0) is 30.3 Å². The van der Waals surface area contributed by atoms with Crippen molar-refractivity contribution in [2.24, 2.45) is 0 Å². The molecule has 0 saturated carbocycles. The number of rotatable bonds is 6. The molecule has 0 atom stereocenters. The minimum atomic E-state index is 0.0125. The van der Waals surface area contributed by atoms with Crippen LogP contribution >= 0.6 is 23.2 Å². The topological polar surface area (TPSA) is 107 Å². The Kier molecular flexibility index (Phi) is 6.92. The van der Waals surface area contributed by atoms with Crippen molar-refractivity contribution < 1.29 is 4.79 Å². The predicted octanol–water partition coefficient (Wildman–Crippen LogP) is 4.15. The molecular weight excluding hydrogens is 461 g/mol. The number of nitrogens with zero attached hydrogens (tertiary/aromatic N) is 5. The van der Waals surface area contributed by atoms with Gasteiger partial charge in [-0.3, -0.25) is 4.79 Å². The summed E-state index contributed by atoms with van der Waals surface area (Å²) in [7, 11) is 0. The number of hydrogen-bond acceptors (Lipinski definition) is 7. The average molecular weight is 482 g/mol. The number of carbonyl (C=O) groups is 1. The van der Waals surface area contributed by atoms with Crippen LogP contribution in [0.4, 0.5) is 11.8 Å². The highest BCUT2D eigenvalue weighted by molar-refractivity contribution is 6.36. The molecule has 33 heavy (non-hydrogen) atoms. The Hall–Kier alpha value is -3.41. The van der Waals surface area contributed by atoms with Crippen LogP contribution in [0.2, 0.25) is 10.0 Å². The average Bonchev–Trinajstić information content (AvgIpc) is 2.81. The lowest BCUT2D eigenvalue weighted by molar-refractivity contribution is -0.129. The number of hydrogen-bond donors (Lipinski definition) is 2. The second-order valence-electron chi connectivity index (χ2n) is 7.53. The van der Waals surface area contributed by atoms with E-state index in [4.69, 9.17) is 38.4 Å². The van der Waals surface area contributed by atoms with Crippen molar-refractivity contribution in [1.82, 2.24) is 19.9 Å². The molecule has 0 unspecified atom stereocenters. The molecule has 8 nitrogen and oxygen atoms in total. The molecule has 0 bridgehead atoms. The van der Waals surface area contributed by atoms with E-state index in [2.05, 4.69) is 15.6 Å². The summed E-state index contributed by atoms with van der Waals surface area (Å²) in [5.41, 5.74) is 3.74. The van der Waals surface area contributed by atoms with E-state index in [0.29, 0.717) is 65.7 Å². The third-order valence-electron chi connectivity index (χ3n) is 5.30. The number of pyridine rings is 1. The summed E-state index contributed by atoms with van der Waals surface area (Å²) in [6.07, 6.45) is 2.16. The summed E-state index contributed by atoms with van der Waals surface area (Å²) >= 11 is 12.6. The molecule has 0 saturated heterocycles. The zero-order chi connectivity index (χ0) is 23.4. The van der Waals surface area contributed by atoms with Gasteiger partial charge in [-0.2, -0.15) is 5.26 Å². The Morgan fingerprint density at radius 1 is 1.18 bits per heavy atom. The van der Waals surface area contributed by atoms with Gasteiger partial charge in [0.15, 0.2) is 0 Å². The Morgan fingerprint density at radius 2 is 2.00 bits per heavy atom. The summed E-state index contributed by atoms with van der Waals surface area (Å²) in [6, 6.07) is 10.8. The second kappa shape index (κ2) is 10.0. The van der Waals surface area contributed by atoms with Crippen LogP contribution < -0.4 is 10.6 Å². The van der Waals surface area contributed by atoms with Gasteiger partial charge in [0.2, 0.25) is 11.9 Å². The van der Waals surface area contributed by atoms with Crippen molar-refractivity contribution >= 4 is 40.9 Å². The van der Waals surface area contributed by atoms with Crippen LogP contribution in [0.15, 0.2) is 36.5 Å². The third-order valence-corrected chi connectivity index (χ3v) is 5.85. The molecule has 2 N–H and O–H groups in total. The number of amides is 1. The molecule has 4 rings (SSSR count). The number of carbonyl (C=O) groups excluding carboxylic acids is 1. The van der Waals surface area contributed by atoms with Crippen LogP contribution in [0.1, 0.15) is 23.7 Å². The lowest BCUT2D eigenvalue weighted by Crippen LogP contribution is -2.35. The Bertz CT molecular complexity index is 1220. The van der Waals surface area contributed by atoms with Gasteiger partial charge in [0.1, 0.15) is 11.9 Å². The first-order valence-electron chi connectivity index (χ1n) is 10.4. The van der Waals surface area contributed by atoms with E-state index < -0.39 is 0 Å². The largest absolute Gasteiger partial charge is 0.368 e. The Morgan fingerprint density at radius 3 is 2.70 bits per heavy atom. The highest BCUT2D eigenvalue weighted by Crippen LogP contribution is 2.35. The Balaban J connectivity index is 1.55. The lowest BCUT2D eigenvalue weighted by Gasteiger charge is -2.29. The molecule has 1 aromatic carbocycles. The fourth-order valence-electron chi connectivity index (χ4n) is 3.60. The van der Waals surface area contributed by atoms with E-state index in [0.717, 1.165) is 16.8 Å². The maximum absolute atomic E-state index is 12.0. The fourth-order valence-corrected chi connectivity index (χ4v) is 4.09. The normalized spacial score (nSPS) is 12.6. The van der Waals surface area contributed by atoms with Gasteiger partial charge >= 0.3 is 0 Å². The molecule has 1 aliphatic rings. The van der Waals surface area contributed by atoms with Crippen molar-refractivity contribution in [2.45, 2.75) is 19.9 Å². The molecular formula is C23H21Cl2N7O. The maximum Gasteiger partial charge on any atom is 0.223 e. The molecule has 168 valence electrons. The zero-order valence-corrected chi connectivity index (χ0v) is 19.4. The van der Waals surface area contributed by atoms with Gasteiger partial charge < -0.3 is 15.5 Å². The quantitative estimate of drug-likeness (QED) is 0.509. The van der Waals surface area contributed by atoms with E-state index >= 15 is 0 Å². The predicted molar refractivity (Wildman–Crippen MR) is 128 cm³/mol. The van der Waals surface area contributed by atoms with Crippen LogP contribution in [0.5, 0.6) is 0 Å². The van der Waals surface area contributed by atoms with Crippen molar-refractivity contribution in [1.29, 1.82) is 5.26 Å². The molecule has 0 aliphatic carbocycles. The van der Waals surface area contributed by atoms with Crippen molar-refractivity contribution in [3.8, 4) is 17.3 Å². The minimum Gasteiger partial charge on any atom is -0.368 e. The van der Waals surface area contributed by atoms with E-state index in [1.54, 1.807) is 36.1 Å². The van der Waals surface area contributed by atoms with Gasteiger partial charge in [-0.15, -0.1) is 0 Å². The number of aromatic nitrogens is 3. The van der Waals surface area contributed by atoms with Crippen LogP contribution in [0, 0.1) is 11.3 Å². The number of anilines is 2. The highest BCUT2D eigenvalue weighted by Gasteiger charge is 2.25. The first-order valence-corrected chi connectivity index (χ1v) is 11.1. The van der Waals surface area contributed by atoms with E-state index in [1.807, 2.05) is 12.1 Å². The van der Waals surface area contributed by atoms with Gasteiger partial charge in [0, 0.05) is 61.9 Å². The van der Waals surface area contributed by atoms with E-state index in [9.17, 15) is 4.79 Å². The molecule has 1 amide bonds. The summed E-state index contributed by atoms with van der Waals surface area (Å²) < 4.78 is 0. The third kappa shape index (κ3) is 5.33. The lowest BCUT2D eigenvalue weighted by atomic mass is 9.99. The summed E-state index contributed by atoms with van der Waals surface area (Å²) in [4.78, 5) is 27.4.